The molecule has 0 heterocycles. The van der Waals surface area contributed by atoms with Crippen LogP contribution in [0.3, 0.4) is 0 Å². The van der Waals surface area contributed by atoms with Gasteiger partial charge in [0.25, 0.3) is 5.69 Å². The van der Waals surface area contributed by atoms with Crippen molar-refractivity contribution in [2.45, 2.75) is 4.90 Å². The lowest BCUT2D eigenvalue weighted by Gasteiger charge is -2.08. The van der Waals surface area contributed by atoms with Crippen molar-refractivity contribution >= 4 is 39.0 Å². The molecule has 0 fully saturated rings. The Kier molecular flexibility index (Phi) is 4.36. The van der Waals surface area contributed by atoms with Crippen molar-refractivity contribution in [2.24, 2.45) is 0 Å². The van der Waals surface area contributed by atoms with Gasteiger partial charge in [-0.15, -0.1) is 0 Å². The third kappa shape index (κ3) is 3.63. The smallest absolute Gasteiger partial charge is 0.340 e. The van der Waals surface area contributed by atoms with Crippen LogP contribution in [0.15, 0.2) is 47.4 Å². The van der Waals surface area contributed by atoms with Gasteiger partial charge in [0, 0.05) is 11.1 Å². The van der Waals surface area contributed by atoms with Gasteiger partial charge in [-0.05, 0) is 24.3 Å². The molecule has 0 unspecified atom stereocenters. The Morgan fingerprint density at radius 3 is 2.48 bits per heavy atom. The molecule has 0 N–H and O–H groups in total. The van der Waals surface area contributed by atoms with Crippen LogP contribution in [0.1, 0.15) is 0 Å². The summed E-state index contributed by atoms with van der Waals surface area (Å²) in [6.45, 7) is 0. The lowest BCUT2D eigenvalue weighted by molar-refractivity contribution is -0.384. The Hall–Kier alpha value is -1.83. The van der Waals surface area contributed by atoms with Crippen molar-refractivity contribution in [1.82, 2.24) is 0 Å². The van der Waals surface area contributed by atoms with Gasteiger partial charge in [0.2, 0.25) is 0 Å². The van der Waals surface area contributed by atoms with Crippen LogP contribution in [0.25, 0.3) is 0 Å². The molecule has 21 heavy (non-hydrogen) atoms. The van der Waals surface area contributed by atoms with E-state index in [1.807, 2.05) is 0 Å². The van der Waals surface area contributed by atoms with Crippen LogP contribution >= 0.6 is 23.2 Å². The number of nitrogens with zero attached hydrogens (tertiary/aromatic N) is 1. The summed E-state index contributed by atoms with van der Waals surface area (Å²) in [5.41, 5.74) is -0.292. The molecule has 0 saturated heterocycles. The predicted octanol–water partition coefficient (Wildman–Crippen LogP) is 3.67. The topological polar surface area (TPSA) is 86.5 Å². The summed E-state index contributed by atoms with van der Waals surface area (Å²) in [5, 5.41) is 10.8. The minimum Gasteiger partial charge on any atom is -0.379 e. The Bertz CT molecular complexity index is 807. The molecule has 2 rings (SSSR count). The van der Waals surface area contributed by atoms with E-state index in [4.69, 9.17) is 27.4 Å². The highest BCUT2D eigenvalue weighted by atomic mass is 35.5. The second kappa shape index (κ2) is 5.88. The largest absolute Gasteiger partial charge is 0.379 e. The first-order valence-corrected chi connectivity index (χ1v) is 7.60. The normalized spacial score (nSPS) is 11.1. The summed E-state index contributed by atoms with van der Waals surface area (Å²) in [5.74, 6) is -0.194. The predicted molar refractivity (Wildman–Crippen MR) is 77.4 cm³/mol. The molecule has 9 heteroatoms. The Morgan fingerprint density at radius 2 is 1.81 bits per heavy atom. The number of halogens is 2. The lowest BCUT2D eigenvalue weighted by atomic mass is 10.3. The minimum atomic E-state index is -4.25. The standard InChI is InChI=1S/C12H7Cl2NO5S/c13-8-4-5-11(14)12(6-8)21(18,19)20-10-3-1-2-9(7-10)15(16)17/h1-7H. The molecule has 0 aliphatic rings. The molecule has 0 spiro atoms. The van der Waals surface area contributed by atoms with E-state index in [2.05, 4.69) is 0 Å². The van der Waals surface area contributed by atoms with Gasteiger partial charge < -0.3 is 4.18 Å². The van der Waals surface area contributed by atoms with Gasteiger partial charge in [-0.25, -0.2) is 0 Å². The van der Waals surface area contributed by atoms with Crippen molar-refractivity contribution in [3.05, 3.63) is 62.6 Å². The van der Waals surface area contributed by atoms with Gasteiger partial charge in [-0.3, -0.25) is 10.1 Å². The van der Waals surface area contributed by atoms with Gasteiger partial charge in [0.15, 0.2) is 0 Å². The molecule has 0 bridgehead atoms. The van der Waals surface area contributed by atoms with Crippen molar-refractivity contribution < 1.29 is 17.5 Å². The average Bonchev–Trinajstić information content (AvgIpc) is 2.41. The fourth-order valence-corrected chi connectivity index (χ4v) is 3.15. The van der Waals surface area contributed by atoms with E-state index in [1.54, 1.807) is 0 Å². The van der Waals surface area contributed by atoms with E-state index in [1.165, 1.54) is 30.3 Å². The zero-order valence-electron chi connectivity index (χ0n) is 10.2. The molecule has 2 aromatic rings. The highest BCUT2D eigenvalue weighted by Crippen LogP contribution is 2.28. The molecule has 110 valence electrons. The highest BCUT2D eigenvalue weighted by molar-refractivity contribution is 7.87. The third-order valence-electron chi connectivity index (χ3n) is 2.40. The Morgan fingerprint density at radius 1 is 1.10 bits per heavy atom. The number of rotatable bonds is 4. The van der Waals surface area contributed by atoms with Crippen molar-refractivity contribution in [3.8, 4) is 5.75 Å². The highest BCUT2D eigenvalue weighted by Gasteiger charge is 2.21. The van der Waals surface area contributed by atoms with Crippen LogP contribution in [-0.2, 0) is 10.1 Å². The molecule has 2 aromatic carbocycles. The number of hydrogen-bond donors (Lipinski definition) is 0. The Labute approximate surface area is 130 Å². The second-order valence-electron chi connectivity index (χ2n) is 3.87. The summed E-state index contributed by atoms with van der Waals surface area (Å²) in [7, 11) is -4.25. The SMILES string of the molecule is O=[N+]([O-])c1cccc(OS(=O)(=O)c2cc(Cl)ccc2Cl)c1. The maximum absolute atomic E-state index is 12.1. The van der Waals surface area contributed by atoms with Gasteiger partial charge >= 0.3 is 10.1 Å². The monoisotopic (exact) mass is 347 g/mol. The van der Waals surface area contributed by atoms with Crippen LogP contribution < -0.4 is 4.18 Å². The second-order valence-corrected chi connectivity index (χ2v) is 6.23. The van der Waals surface area contributed by atoms with Crippen molar-refractivity contribution in [2.75, 3.05) is 0 Å². The molecule has 0 amide bonds. The summed E-state index contributed by atoms with van der Waals surface area (Å²) in [6.07, 6.45) is 0. The molecule has 0 radical (unpaired) electrons. The van der Waals surface area contributed by atoms with Gasteiger partial charge in [0.1, 0.15) is 10.6 Å². The van der Waals surface area contributed by atoms with E-state index in [0.717, 1.165) is 12.1 Å². The molecule has 6 nitrogen and oxygen atoms in total. The number of non-ortho nitro benzene ring substituents is 1. The summed E-state index contributed by atoms with van der Waals surface area (Å²) < 4.78 is 29.1. The van der Waals surface area contributed by atoms with E-state index in [0.29, 0.717) is 0 Å². The zero-order chi connectivity index (χ0) is 15.6. The van der Waals surface area contributed by atoms with Crippen LogP contribution in [0, 0.1) is 10.1 Å². The average molecular weight is 348 g/mol. The fraction of sp³-hybridized carbons (Fsp3) is 0. The first-order chi connectivity index (χ1) is 9.79. The molecule has 0 saturated carbocycles. The van der Waals surface area contributed by atoms with Gasteiger partial charge in [-0.1, -0.05) is 29.3 Å². The summed E-state index contributed by atoms with van der Waals surface area (Å²) in [4.78, 5) is 9.67. The van der Waals surface area contributed by atoms with Crippen molar-refractivity contribution in [1.29, 1.82) is 0 Å². The third-order valence-corrected chi connectivity index (χ3v) is 4.36. The van der Waals surface area contributed by atoms with Crippen LogP contribution in [0.4, 0.5) is 5.69 Å². The summed E-state index contributed by atoms with van der Waals surface area (Å²) >= 11 is 11.5. The molecule has 0 atom stereocenters. The number of nitro groups is 1. The molecular formula is C12H7Cl2NO5S. The molecule has 0 aromatic heterocycles. The first-order valence-electron chi connectivity index (χ1n) is 5.43. The quantitative estimate of drug-likeness (QED) is 0.478. The summed E-state index contributed by atoms with van der Waals surface area (Å²) in [6, 6.07) is 8.67. The van der Waals surface area contributed by atoms with E-state index < -0.39 is 15.0 Å². The maximum atomic E-state index is 12.1. The minimum absolute atomic E-state index is 0.0650. The van der Waals surface area contributed by atoms with Crippen LogP contribution in [0.5, 0.6) is 5.75 Å². The maximum Gasteiger partial charge on any atom is 0.340 e. The number of nitro benzene ring substituents is 1. The zero-order valence-corrected chi connectivity index (χ0v) is 12.5. The van der Waals surface area contributed by atoms with Crippen molar-refractivity contribution in [3.63, 3.8) is 0 Å². The first kappa shape index (κ1) is 15.6. The fourth-order valence-electron chi connectivity index (χ4n) is 1.49. The number of hydrogen-bond acceptors (Lipinski definition) is 5. The van der Waals surface area contributed by atoms with Crippen LogP contribution in [0.2, 0.25) is 10.0 Å². The van der Waals surface area contributed by atoms with E-state index >= 15 is 0 Å². The van der Waals surface area contributed by atoms with E-state index in [9.17, 15) is 18.5 Å². The van der Waals surface area contributed by atoms with Gasteiger partial charge in [-0.2, -0.15) is 8.42 Å². The van der Waals surface area contributed by atoms with E-state index in [-0.39, 0.29) is 26.4 Å². The molecular weight excluding hydrogens is 341 g/mol. The molecule has 0 aliphatic heterocycles. The lowest BCUT2D eigenvalue weighted by Crippen LogP contribution is -2.10. The van der Waals surface area contributed by atoms with Crippen LogP contribution in [-0.4, -0.2) is 13.3 Å². The Balaban J connectivity index is 2.40. The number of benzene rings is 2. The van der Waals surface area contributed by atoms with Gasteiger partial charge in [0.05, 0.1) is 16.0 Å². The molecule has 0 aliphatic carbocycles.